The number of benzene rings is 1. The average molecular weight is 366 g/mol. The summed E-state index contributed by atoms with van der Waals surface area (Å²) in [6, 6.07) is 5.41. The highest BCUT2D eigenvalue weighted by Gasteiger charge is 2.32. The van der Waals surface area contributed by atoms with Gasteiger partial charge >= 0.3 is 6.03 Å². The van der Waals surface area contributed by atoms with Crippen LogP contribution >= 0.6 is 0 Å². The largest absolute Gasteiger partial charge is 0.384 e. The Balaban J connectivity index is 1.67. The van der Waals surface area contributed by atoms with Crippen LogP contribution in [-0.4, -0.2) is 51.8 Å². The minimum Gasteiger partial charge on any atom is -0.384 e. The standard InChI is InChI=1S/C18H27FN4O3/c1-26-13-18(6-8-20-9-7-18)12-23-16(24)11-22-17(25)21-10-14-2-4-15(19)5-3-14/h2-5,20H,6-13H2,1H3,(H,23,24)(H2,21,22,25). The number of methoxy groups -OCH3 is 1. The molecule has 2 rings (SSSR count). The number of hydrogen-bond acceptors (Lipinski definition) is 4. The highest BCUT2D eigenvalue weighted by Crippen LogP contribution is 2.28. The van der Waals surface area contributed by atoms with Gasteiger partial charge in [-0.3, -0.25) is 4.79 Å². The molecule has 3 amide bonds. The molecule has 1 saturated heterocycles. The Hall–Kier alpha value is -2.19. The van der Waals surface area contributed by atoms with Crippen LogP contribution < -0.4 is 21.3 Å². The first kappa shape index (κ1) is 20.1. The summed E-state index contributed by atoms with van der Waals surface area (Å²) in [5.41, 5.74) is 0.721. The zero-order valence-electron chi connectivity index (χ0n) is 15.1. The summed E-state index contributed by atoms with van der Waals surface area (Å²) in [4.78, 5) is 23.8. The summed E-state index contributed by atoms with van der Waals surface area (Å²) < 4.78 is 18.1. The van der Waals surface area contributed by atoms with Crippen LogP contribution in [0.5, 0.6) is 0 Å². The number of piperidine rings is 1. The number of rotatable bonds is 8. The predicted octanol–water partition coefficient (Wildman–Crippen LogP) is 0.757. The van der Waals surface area contributed by atoms with E-state index in [1.54, 1.807) is 19.2 Å². The Labute approximate surface area is 153 Å². The molecule has 0 saturated carbocycles. The van der Waals surface area contributed by atoms with Gasteiger partial charge in [-0.25, -0.2) is 9.18 Å². The third kappa shape index (κ3) is 6.61. The first-order valence-electron chi connectivity index (χ1n) is 8.75. The van der Waals surface area contributed by atoms with Crippen molar-refractivity contribution in [1.29, 1.82) is 0 Å². The minimum atomic E-state index is -0.446. The molecule has 1 aromatic carbocycles. The zero-order valence-corrected chi connectivity index (χ0v) is 15.1. The maximum atomic E-state index is 12.8. The van der Waals surface area contributed by atoms with Crippen molar-refractivity contribution in [1.82, 2.24) is 21.3 Å². The van der Waals surface area contributed by atoms with Gasteiger partial charge in [0.15, 0.2) is 0 Å². The number of carbonyl (C=O) groups excluding carboxylic acids is 2. The lowest BCUT2D eigenvalue weighted by Crippen LogP contribution is -2.49. The van der Waals surface area contributed by atoms with Crippen LogP contribution in [0.2, 0.25) is 0 Å². The summed E-state index contributed by atoms with van der Waals surface area (Å²) in [7, 11) is 1.67. The van der Waals surface area contributed by atoms with Crippen molar-refractivity contribution in [3.8, 4) is 0 Å². The Kier molecular flexibility index (Phi) is 7.80. The Bertz CT molecular complexity index is 583. The Morgan fingerprint density at radius 2 is 1.85 bits per heavy atom. The number of amides is 3. The van der Waals surface area contributed by atoms with Gasteiger partial charge in [-0.15, -0.1) is 0 Å². The van der Waals surface area contributed by atoms with Crippen molar-refractivity contribution in [3.05, 3.63) is 35.6 Å². The van der Waals surface area contributed by atoms with E-state index in [9.17, 15) is 14.0 Å². The molecule has 0 unspecified atom stereocenters. The highest BCUT2D eigenvalue weighted by atomic mass is 19.1. The summed E-state index contributed by atoms with van der Waals surface area (Å²) in [5, 5.41) is 11.3. The normalized spacial score (nSPS) is 15.9. The monoisotopic (exact) mass is 366 g/mol. The number of halogens is 1. The van der Waals surface area contributed by atoms with Crippen LogP contribution in [0.25, 0.3) is 0 Å². The third-order valence-corrected chi connectivity index (χ3v) is 4.55. The van der Waals surface area contributed by atoms with Gasteiger partial charge in [0.25, 0.3) is 0 Å². The molecule has 0 aromatic heterocycles. The molecule has 7 nitrogen and oxygen atoms in total. The smallest absolute Gasteiger partial charge is 0.315 e. The van der Waals surface area contributed by atoms with Crippen LogP contribution in [0.3, 0.4) is 0 Å². The van der Waals surface area contributed by atoms with Crippen molar-refractivity contribution in [2.24, 2.45) is 5.41 Å². The highest BCUT2D eigenvalue weighted by molar-refractivity contribution is 5.83. The molecular formula is C18H27FN4O3. The molecule has 144 valence electrons. The first-order valence-corrected chi connectivity index (χ1v) is 8.75. The minimum absolute atomic E-state index is 0.0551. The van der Waals surface area contributed by atoms with E-state index < -0.39 is 6.03 Å². The van der Waals surface area contributed by atoms with E-state index in [-0.39, 0.29) is 30.2 Å². The SMILES string of the molecule is COCC1(CNC(=O)CNC(=O)NCc2ccc(F)cc2)CCNCC1. The number of carbonyl (C=O) groups is 2. The summed E-state index contributed by atoms with van der Waals surface area (Å²) in [6.45, 7) is 3.10. The van der Waals surface area contributed by atoms with Gasteiger partial charge in [-0.2, -0.15) is 0 Å². The molecule has 0 bridgehead atoms. The van der Waals surface area contributed by atoms with Crippen LogP contribution in [0.15, 0.2) is 24.3 Å². The number of ether oxygens (including phenoxy) is 1. The van der Waals surface area contributed by atoms with Crippen LogP contribution in [-0.2, 0) is 16.1 Å². The van der Waals surface area contributed by atoms with Gasteiger partial charge in [0.1, 0.15) is 5.82 Å². The number of nitrogens with one attached hydrogen (secondary N) is 4. The maximum Gasteiger partial charge on any atom is 0.315 e. The Morgan fingerprint density at radius 1 is 1.15 bits per heavy atom. The molecule has 1 fully saturated rings. The van der Waals surface area contributed by atoms with E-state index in [0.717, 1.165) is 31.5 Å². The fourth-order valence-electron chi connectivity index (χ4n) is 2.99. The summed E-state index contributed by atoms with van der Waals surface area (Å²) in [5.74, 6) is -0.564. The molecule has 0 radical (unpaired) electrons. The fraction of sp³-hybridized carbons (Fsp3) is 0.556. The van der Waals surface area contributed by atoms with E-state index in [1.807, 2.05) is 0 Å². The van der Waals surface area contributed by atoms with E-state index >= 15 is 0 Å². The fourth-order valence-corrected chi connectivity index (χ4v) is 2.99. The lowest BCUT2D eigenvalue weighted by molar-refractivity contribution is -0.121. The topological polar surface area (TPSA) is 91.5 Å². The predicted molar refractivity (Wildman–Crippen MR) is 96.1 cm³/mol. The van der Waals surface area contributed by atoms with E-state index in [4.69, 9.17) is 4.74 Å². The molecule has 1 heterocycles. The maximum absolute atomic E-state index is 12.8. The first-order chi connectivity index (χ1) is 12.5. The molecule has 8 heteroatoms. The second-order valence-electron chi connectivity index (χ2n) is 6.62. The molecular weight excluding hydrogens is 339 g/mol. The van der Waals surface area contributed by atoms with Gasteiger partial charge in [0.05, 0.1) is 13.2 Å². The van der Waals surface area contributed by atoms with Crippen molar-refractivity contribution in [2.75, 3.05) is 39.9 Å². The molecule has 26 heavy (non-hydrogen) atoms. The van der Waals surface area contributed by atoms with Crippen LogP contribution in [0, 0.1) is 11.2 Å². The average Bonchev–Trinajstić information content (AvgIpc) is 2.65. The second kappa shape index (κ2) is 10.1. The molecule has 0 spiro atoms. The molecule has 4 N–H and O–H groups in total. The number of urea groups is 1. The second-order valence-corrected chi connectivity index (χ2v) is 6.62. The summed E-state index contributed by atoms with van der Waals surface area (Å²) >= 11 is 0. The van der Waals surface area contributed by atoms with Crippen LogP contribution in [0.4, 0.5) is 9.18 Å². The lowest BCUT2D eigenvalue weighted by atomic mass is 9.79. The Morgan fingerprint density at radius 3 is 2.50 bits per heavy atom. The van der Waals surface area contributed by atoms with E-state index in [2.05, 4.69) is 21.3 Å². The van der Waals surface area contributed by atoms with Gasteiger partial charge in [0.2, 0.25) is 5.91 Å². The lowest BCUT2D eigenvalue weighted by Gasteiger charge is -2.37. The van der Waals surface area contributed by atoms with Crippen molar-refractivity contribution < 1.29 is 18.7 Å². The van der Waals surface area contributed by atoms with Crippen molar-refractivity contribution in [3.63, 3.8) is 0 Å². The zero-order chi connectivity index (χ0) is 18.8. The third-order valence-electron chi connectivity index (χ3n) is 4.55. The van der Waals surface area contributed by atoms with Gasteiger partial charge in [-0.1, -0.05) is 12.1 Å². The van der Waals surface area contributed by atoms with Gasteiger partial charge < -0.3 is 26.0 Å². The molecule has 1 aliphatic heterocycles. The quantitative estimate of drug-likeness (QED) is 0.547. The molecule has 0 aliphatic carbocycles. The molecule has 1 aliphatic rings. The van der Waals surface area contributed by atoms with Crippen LogP contribution in [0.1, 0.15) is 18.4 Å². The molecule has 0 atom stereocenters. The molecule has 1 aromatic rings. The van der Waals surface area contributed by atoms with Gasteiger partial charge in [0, 0.05) is 25.6 Å². The summed E-state index contributed by atoms with van der Waals surface area (Å²) in [6.07, 6.45) is 1.87. The van der Waals surface area contributed by atoms with E-state index in [0.29, 0.717) is 13.2 Å². The van der Waals surface area contributed by atoms with E-state index in [1.165, 1.54) is 12.1 Å². The van der Waals surface area contributed by atoms with Crippen molar-refractivity contribution >= 4 is 11.9 Å². The van der Waals surface area contributed by atoms with Gasteiger partial charge in [-0.05, 0) is 43.6 Å². The van der Waals surface area contributed by atoms with Crippen molar-refractivity contribution in [2.45, 2.75) is 19.4 Å². The number of hydrogen-bond donors (Lipinski definition) is 4.